The van der Waals surface area contributed by atoms with Gasteiger partial charge >= 0.3 is 0 Å². The van der Waals surface area contributed by atoms with Gasteiger partial charge in [0.25, 0.3) is 0 Å². The van der Waals surface area contributed by atoms with Gasteiger partial charge in [0.1, 0.15) is 12.2 Å². The van der Waals surface area contributed by atoms with Gasteiger partial charge in [0, 0.05) is 13.5 Å². The van der Waals surface area contributed by atoms with Crippen LogP contribution in [0.25, 0.3) is 0 Å². The van der Waals surface area contributed by atoms with Crippen LogP contribution in [-0.4, -0.2) is 24.9 Å². The average molecular weight is 115 g/mol. The minimum Gasteiger partial charge on any atom is -0.394 e. The molecule has 0 aliphatic heterocycles. The second-order valence-electron chi connectivity index (χ2n) is 1.53. The fourth-order valence-electron chi connectivity index (χ4n) is 0.281. The zero-order chi connectivity index (χ0) is 6.41. The van der Waals surface area contributed by atoms with Crippen molar-refractivity contribution in [1.82, 2.24) is 0 Å². The van der Waals surface area contributed by atoms with Crippen LogP contribution in [0.15, 0.2) is 12.2 Å². The standard InChI is InChI=1S/C6H11O2/c1-6(2)5-8-4-3-7/h7H,1-5H2/q+1. The fourth-order valence-corrected chi connectivity index (χ4v) is 0.281. The molecule has 0 fully saturated rings. The normalized spacial score (nSPS) is 9.12. The van der Waals surface area contributed by atoms with E-state index in [-0.39, 0.29) is 6.61 Å². The lowest BCUT2D eigenvalue weighted by Crippen LogP contribution is -2.00. The Bertz CT molecular complexity index is 68.9. The molecule has 0 heterocycles. The van der Waals surface area contributed by atoms with E-state index in [9.17, 15) is 0 Å². The Kier molecular flexibility index (Phi) is 4.41. The maximum absolute atomic E-state index is 8.20. The zero-order valence-corrected chi connectivity index (χ0v) is 4.89. The van der Waals surface area contributed by atoms with Crippen molar-refractivity contribution in [3.63, 3.8) is 0 Å². The van der Waals surface area contributed by atoms with Gasteiger partial charge < -0.3 is 9.84 Å². The lowest BCUT2D eigenvalue weighted by Gasteiger charge is -1.94. The van der Waals surface area contributed by atoms with Gasteiger partial charge in [-0.2, -0.15) is 0 Å². The van der Waals surface area contributed by atoms with E-state index in [1.165, 1.54) is 0 Å². The Morgan fingerprint density at radius 1 is 1.75 bits per heavy atom. The second-order valence-corrected chi connectivity index (χ2v) is 1.53. The van der Waals surface area contributed by atoms with E-state index in [1.54, 1.807) is 0 Å². The molecule has 0 amide bonds. The Balaban J connectivity index is 2.82. The van der Waals surface area contributed by atoms with Crippen molar-refractivity contribution in [3.8, 4) is 0 Å². The molecule has 0 aromatic rings. The van der Waals surface area contributed by atoms with Gasteiger partial charge in [0.05, 0.1) is 13.2 Å². The molecular formula is C6H11O2+. The van der Waals surface area contributed by atoms with Gasteiger partial charge in [0.15, 0.2) is 0 Å². The highest BCUT2D eigenvalue weighted by Crippen LogP contribution is 1.85. The minimum absolute atomic E-state index is 0.0628. The van der Waals surface area contributed by atoms with E-state index >= 15 is 0 Å². The van der Waals surface area contributed by atoms with Gasteiger partial charge in [-0.3, -0.25) is 0 Å². The van der Waals surface area contributed by atoms with Crippen molar-refractivity contribution < 1.29 is 9.84 Å². The van der Waals surface area contributed by atoms with E-state index in [0.29, 0.717) is 13.2 Å². The summed E-state index contributed by atoms with van der Waals surface area (Å²) in [5.41, 5.74) is 0.735. The van der Waals surface area contributed by atoms with Crippen molar-refractivity contribution in [2.45, 2.75) is 0 Å². The zero-order valence-electron chi connectivity index (χ0n) is 4.89. The monoisotopic (exact) mass is 115 g/mol. The number of hydrogen-bond donors (Lipinski definition) is 1. The third-order valence-corrected chi connectivity index (χ3v) is 0.542. The molecule has 0 spiro atoms. The summed E-state index contributed by atoms with van der Waals surface area (Å²) in [7, 11) is 0. The summed E-state index contributed by atoms with van der Waals surface area (Å²) in [5.74, 6) is 0. The van der Waals surface area contributed by atoms with Crippen LogP contribution in [0.2, 0.25) is 0 Å². The first-order valence-electron chi connectivity index (χ1n) is 2.45. The predicted molar refractivity (Wildman–Crippen MR) is 32.4 cm³/mol. The molecule has 0 saturated carbocycles. The summed E-state index contributed by atoms with van der Waals surface area (Å²) in [4.78, 5) is 0. The highest BCUT2D eigenvalue weighted by atomic mass is 16.5. The van der Waals surface area contributed by atoms with Gasteiger partial charge in [0.2, 0.25) is 0 Å². The van der Waals surface area contributed by atoms with Crippen molar-refractivity contribution >= 4 is 0 Å². The third-order valence-electron chi connectivity index (χ3n) is 0.542. The van der Waals surface area contributed by atoms with Gasteiger partial charge in [-0.05, 0) is 0 Å². The Morgan fingerprint density at radius 3 is 2.75 bits per heavy atom. The number of ether oxygens (including phenoxy) is 1. The van der Waals surface area contributed by atoms with Gasteiger partial charge in [-0.15, -0.1) is 0 Å². The molecule has 0 bridgehead atoms. The number of hydrogen-bond acceptors (Lipinski definition) is 2. The number of aliphatic hydroxyl groups is 1. The number of rotatable bonds is 4. The SMILES string of the molecule is C=C([CH2+])COCCO. The molecule has 0 aromatic heterocycles. The molecule has 46 valence electrons. The summed E-state index contributed by atoms with van der Waals surface area (Å²) >= 11 is 0. The van der Waals surface area contributed by atoms with Crippen molar-refractivity contribution in [2.75, 3.05) is 19.8 Å². The lowest BCUT2D eigenvalue weighted by molar-refractivity contribution is 0.109. The molecule has 0 aliphatic rings. The molecule has 2 nitrogen and oxygen atoms in total. The highest BCUT2D eigenvalue weighted by molar-refractivity contribution is 4.97. The maximum atomic E-state index is 8.20. The largest absolute Gasteiger partial charge is 0.394 e. The Labute approximate surface area is 49.8 Å². The quantitative estimate of drug-likeness (QED) is 0.424. The maximum Gasteiger partial charge on any atom is 0.122 e. The molecule has 0 aromatic carbocycles. The van der Waals surface area contributed by atoms with E-state index in [1.807, 2.05) is 0 Å². The second kappa shape index (κ2) is 4.68. The topological polar surface area (TPSA) is 29.5 Å². The molecule has 1 N–H and O–H groups in total. The van der Waals surface area contributed by atoms with Crippen LogP contribution >= 0.6 is 0 Å². The van der Waals surface area contributed by atoms with Crippen molar-refractivity contribution in [2.24, 2.45) is 0 Å². The van der Waals surface area contributed by atoms with Crippen LogP contribution in [-0.2, 0) is 4.74 Å². The molecule has 0 atom stereocenters. The summed E-state index contributed by atoms with van der Waals surface area (Å²) in [6, 6.07) is 0. The van der Waals surface area contributed by atoms with Crippen molar-refractivity contribution in [1.29, 1.82) is 0 Å². The summed E-state index contributed by atoms with van der Waals surface area (Å²) in [6.45, 7) is 7.90. The van der Waals surface area contributed by atoms with Crippen LogP contribution in [0.3, 0.4) is 0 Å². The smallest absolute Gasteiger partial charge is 0.122 e. The highest BCUT2D eigenvalue weighted by Gasteiger charge is 1.89. The molecule has 0 aliphatic carbocycles. The fraction of sp³-hybridized carbons (Fsp3) is 0.500. The predicted octanol–water partition coefficient (Wildman–Crippen LogP) is 0.386. The molecular weight excluding hydrogens is 104 g/mol. The van der Waals surface area contributed by atoms with Gasteiger partial charge in [-0.25, -0.2) is 0 Å². The first-order valence-corrected chi connectivity index (χ1v) is 2.45. The third kappa shape index (κ3) is 5.53. The number of aliphatic hydroxyl groups excluding tert-OH is 1. The van der Waals surface area contributed by atoms with E-state index in [4.69, 9.17) is 9.84 Å². The van der Waals surface area contributed by atoms with E-state index in [0.717, 1.165) is 5.57 Å². The summed E-state index contributed by atoms with van der Waals surface area (Å²) < 4.78 is 4.83. The summed E-state index contributed by atoms with van der Waals surface area (Å²) in [5, 5.41) is 8.20. The van der Waals surface area contributed by atoms with Crippen molar-refractivity contribution in [3.05, 3.63) is 19.1 Å². The molecule has 2 heteroatoms. The van der Waals surface area contributed by atoms with Crippen LogP contribution in [0.5, 0.6) is 0 Å². The Hall–Kier alpha value is -0.470. The first kappa shape index (κ1) is 7.53. The van der Waals surface area contributed by atoms with Crippen LogP contribution in [0, 0.1) is 6.92 Å². The molecule has 8 heavy (non-hydrogen) atoms. The molecule has 0 saturated heterocycles. The van der Waals surface area contributed by atoms with E-state index in [2.05, 4.69) is 13.5 Å². The molecule has 0 unspecified atom stereocenters. The van der Waals surface area contributed by atoms with E-state index < -0.39 is 0 Å². The lowest BCUT2D eigenvalue weighted by atomic mass is 10.4. The first-order chi connectivity index (χ1) is 3.77. The average Bonchev–Trinajstić information content (AvgIpc) is 1.66. The van der Waals surface area contributed by atoms with Crippen LogP contribution in [0.1, 0.15) is 0 Å². The molecule has 0 rings (SSSR count). The Morgan fingerprint density at radius 2 is 2.38 bits per heavy atom. The minimum atomic E-state index is 0.0628. The van der Waals surface area contributed by atoms with Crippen LogP contribution in [0.4, 0.5) is 0 Å². The van der Waals surface area contributed by atoms with Gasteiger partial charge in [-0.1, -0.05) is 0 Å². The summed E-state index contributed by atoms with van der Waals surface area (Å²) in [6.07, 6.45) is 0. The van der Waals surface area contributed by atoms with Crippen LogP contribution < -0.4 is 0 Å². The molecule has 0 radical (unpaired) electrons.